The molecule has 0 bridgehead atoms. The third kappa shape index (κ3) is 2.81. The van der Waals surface area contributed by atoms with Crippen molar-refractivity contribution in [3.63, 3.8) is 0 Å². The first-order valence-corrected chi connectivity index (χ1v) is 7.70. The predicted octanol–water partition coefficient (Wildman–Crippen LogP) is 1.48. The molecule has 0 amide bonds. The number of hydrogen-bond acceptors (Lipinski definition) is 6. The molecule has 1 unspecified atom stereocenters. The van der Waals surface area contributed by atoms with Crippen LogP contribution in [0.15, 0.2) is 0 Å². The van der Waals surface area contributed by atoms with Crippen molar-refractivity contribution in [1.82, 2.24) is 15.0 Å². The summed E-state index contributed by atoms with van der Waals surface area (Å²) in [4.78, 5) is 17.3. The number of anilines is 2. The Balaban J connectivity index is 1.87. The minimum Gasteiger partial charge on any atom is -0.394 e. The Morgan fingerprint density at radius 3 is 2.45 bits per heavy atom. The number of hydrogen-bond donors (Lipinski definition) is 1. The highest BCUT2D eigenvalue weighted by Gasteiger charge is 2.26. The molecule has 0 radical (unpaired) electrons. The summed E-state index contributed by atoms with van der Waals surface area (Å²) >= 11 is 6.06. The lowest BCUT2D eigenvalue weighted by Gasteiger charge is -2.34. The van der Waals surface area contributed by atoms with Crippen molar-refractivity contribution in [1.29, 1.82) is 0 Å². The average Bonchev–Trinajstić information content (AvgIpc) is 3.01. The zero-order chi connectivity index (χ0) is 13.9. The lowest BCUT2D eigenvalue weighted by molar-refractivity contribution is 0.238. The van der Waals surface area contributed by atoms with E-state index in [1.165, 1.54) is 12.8 Å². The highest BCUT2D eigenvalue weighted by Crippen LogP contribution is 2.25. The van der Waals surface area contributed by atoms with Gasteiger partial charge < -0.3 is 14.9 Å². The third-order valence-corrected chi connectivity index (χ3v) is 4.24. The van der Waals surface area contributed by atoms with Crippen LogP contribution in [0.2, 0.25) is 5.28 Å². The van der Waals surface area contributed by atoms with Crippen molar-refractivity contribution < 1.29 is 5.11 Å². The van der Waals surface area contributed by atoms with Gasteiger partial charge in [0.2, 0.25) is 17.2 Å². The first-order chi connectivity index (χ1) is 9.78. The van der Waals surface area contributed by atoms with E-state index in [4.69, 9.17) is 11.6 Å². The zero-order valence-corrected chi connectivity index (χ0v) is 12.3. The molecular weight excluding hydrogens is 278 g/mol. The summed E-state index contributed by atoms with van der Waals surface area (Å²) in [7, 11) is 0. The van der Waals surface area contributed by atoms with Crippen molar-refractivity contribution in [3.05, 3.63) is 5.28 Å². The van der Waals surface area contributed by atoms with Crippen LogP contribution in [0.3, 0.4) is 0 Å². The fourth-order valence-corrected chi connectivity index (χ4v) is 3.12. The number of rotatable bonds is 3. The molecule has 1 atom stereocenters. The van der Waals surface area contributed by atoms with Crippen molar-refractivity contribution >= 4 is 23.5 Å². The molecular formula is C13H20ClN5O. The third-order valence-electron chi connectivity index (χ3n) is 4.07. The van der Waals surface area contributed by atoms with E-state index >= 15 is 0 Å². The van der Waals surface area contributed by atoms with Crippen LogP contribution in [-0.2, 0) is 0 Å². The van der Waals surface area contributed by atoms with Gasteiger partial charge in [0.25, 0.3) is 0 Å². The molecule has 0 aromatic carbocycles. The average molecular weight is 298 g/mol. The minimum absolute atomic E-state index is 0.0913. The lowest BCUT2D eigenvalue weighted by Crippen LogP contribution is -2.43. The molecule has 0 spiro atoms. The van der Waals surface area contributed by atoms with E-state index in [-0.39, 0.29) is 17.9 Å². The van der Waals surface area contributed by atoms with Crippen LogP contribution < -0.4 is 9.80 Å². The highest BCUT2D eigenvalue weighted by molar-refractivity contribution is 6.28. The maximum Gasteiger partial charge on any atom is 0.231 e. The Hall–Kier alpha value is -1.14. The normalized spacial score (nSPS) is 23.4. The molecule has 1 aromatic heterocycles. The standard InChI is InChI=1S/C13H20ClN5O/c14-11-15-12(18-6-3-4-7-18)17-13(16-11)19-8-2-1-5-10(19)9-20/h10,20H,1-9H2. The summed E-state index contributed by atoms with van der Waals surface area (Å²) < 4.78 is 0. The van der Waals surface area contributed by atoms with E-state index in [2.05, 4.69) is 24.8 Å². The predicted molar refractivity (Wildman–Crippen MR) is 78.4 cm³/mol. The van der Waals surface area contributed by atoms with E-state index in [9.17, 15) is 5.11 Å². The SMILES string of the molecule is OCC1CCCCN1c1nc(Cl)nc(N2CCCC2)n1. The summed E-state index contributed by atoms with van der Waals surface area (Å²) in [6.07, 6.45) is 5.54. The minimum atomic E-state index is 0.0913. The number of aromatic nitrogens is 3. The second kappa shape index (κ2) is 6.10. The molecule has 3 heterocycles. The van der Waals surface area contributed by atoms with Gasteiger partial charge in [-0.3, -0.25) is 0 Å². The smallest absolute Gasteiger partial charge is 0.231 e. The molecule has 2 fully saturated rings. The molecule has 2 aliphatic rings. The second-order valence-corrected chi connectivity index (χ2v) is 5.76. The van der Waals surface area contributed by atoms with Crippen LogP contribution in [0, 0.1) is 0 Å². The molecule has 7 heteroatoms. The molecule has 2 saturated heterocycles. The Morgan fingerprint density at radius 1 is 1.00 bits per heavy atom. The Kier molecular flexibility index (Phi) is 4.21. The summed E-state index contributed by atoms with van der Waals surface area (Å²) in [6, 6.07) is 0.0913. The van der Waals surface area contributed by atoms with Gasteiger partial charge in [-0.25, -0.2) is 0 Å². The molecule has 0 saturated carbocycles. The molecule has 2 aliphatic heterocycles. The number of nitrogens with zero attached hydrogens (tertiary/aromatic N) is 5. The van der Waals surface area contributed by atoms with Gasteiger partial charge in [-0.1, -0.05) is 0 Å². The summed E-state index contributed by atoms with van der Waals surface area (Å²) in [5, 5.41) is 9.75. The van der Waals surface area contributed by atoms with E-state index in [1.54, 1.807) is 0 Å². The Bertz CT molecular complexity index is 466. The molecule has 20 heavy (non-hydrogen) atoms. The van der Waals surface area contributed by atoms with Crippen molar-refractivity contribution in [3.8, 4) is 0 Å². The molecule has 6 nitrogen and oxygen atoms in total. The van der Waals surface area contributed by atoms with Gasteiger partial charge in [-0.15, -0.1) is 0 Å². The maximum absolute atomic E-state index is 9.52. The topological polar surface area (TPSA) is 65.4 Å². The van der Waals surface area contributed by atoms with Crippen LogP contribution in [-0.4, -0.2) is 52.3 Å². The molecule has 1 aromatic rings. The van der Waals surface area contributed by atoms with Gasteiger partial charge in [0.1, 0.15) is 0 Å². The highest BCUT2D eigenvalue weighted by atomic mass is 35.5. The van der Waals surface area contributed by atoms with Crippen LogP contribution in [0.1, 0.15) is 32.1 Å². The van der Waals surface area contributed by atoms with E-state index in [0.717, 1.165) is 38.9 Å². The van der Waals surface area contributed by atoms with E-state index in [1.807, 2.05) is 0 Å². The van der Waals surface area contributed by atoms with Gasteiger partial charge in [0.05, 0.1) is 12.6 Å². The fourth-order valence-electron chi connectivity index (χ4n) is 2.97. The van der Waals surface area contributed by atoms with Gasteiger partial charge in [-0.2, -0.15) is 15.0 Å². The monoisotopic (exact) mass is 297 g/mol. The largest absolute Gasteiger partial charge is 0.394 e. The van der Waals surface area contributed by atoms with Crippen molar-refractivity contribution in [2.75, 3.05) is 36.0 Å². The van der Waals surface area contributed by atoms with Crippen LogP contribution in [0.4, 0.5) is 11.9 Å². The van der Waals surface area contributed by atoms with Gasteiger partial charge in [0, 0.05) is 19.6 Å². The Labute approximate surface area is 123 Å². The first kappa shape index (κ1) is 13.8. The van der Waals surface area contributed by atoms with Gasteiger partial charge >= 0.3 is 0 Å². The van der Waals surface area contributed by atoms with Crippen molar-refractivity contribution in [2.45, 2.75) is 38.1 Å². The number of aliphatic hydroxyl groups excluding tert-OH is 1. The lowest BCUT2D eigenvalue weighted by atomic mass is 10.0. The van der Waals surface area contributed by atoms with E-state index in [0.29, 0.717) is 11.9 Å². The van der Waals surface area contributed by atoms with Gasteiger partial charge in [-0.05, 0) is 43.7 Å². The number of aliphatic hydroxyl groups is 1. The first-order valence-electron chi connectivity index (χ1n) is 7.32. The van der Waals surface area contributed by atoms with Crippen LogP contribution in [0.5, 0.6) is 0 Å². The summed E-state index contributed by atoms with van der Waals surface area (Å²) in [5.41, 5.74) is 0. The van der Waals surface area contributed by atoms with Crippen LogP contribution >= 0.6 is 11.6 Å². The number of halogens is 1. The Morgan fingerprint density at radius 2 is 1.70 bits per heavy atom. The van der Waals surface area contributed by atoms with Crippen molar-refractivity contribution in [2.24, 2.45) is 0 Å². The van der Waals surface area contributed by atoms with Crippen LogP contribution in [0.25, 0.3) is 0 Å². The molecule has 0 aliphatic carbocycles. The quantitative estimate of drug-likeness (QED) is 0.911. The van der Waals surface area contributed by atoms with E-state index < -0.39 is 0 Å². The zero-order valence-electron chi connectivity index (χ0n) is 11.5. The molecule has 3 rings (SSSR count). The van der Waals surface area contributed by atoms with Gasteiger partial charge in [0.15, 0.2) is 0 Å². The molecule has 1 N–H and O–H groups in total. The second-order valence-electron chi connectivity index (χ2n) is 5.42. The summed E-state index contributed by atoms with van der Waals surface area (Å²) in [5.74, 6) is 1.27. The number of piperidine rings is 1. The maximum atomic E-state index is 9.52. The summed E-state index contributed by atoms with van der Waals surface area (Å²) in [6.45, 7) is 2.94. The fraction of sp³-hybridized carbons (Fsp3) is 0.769. The molecule has 110 valence electrons.